The van der Waals surface area contributed by atoms with Crippen molar-refractivity contribution in [3.63, 3.8) is 0 Å². The predicted octanol–water partition coefficient (Wildman–Crippen LogP) is 2.99. The van der Waals surface area contributed by atoms with E-state index in [0.717, 1.165) is 6.20 Å². The molecule has 0 saturated heterocycles. The largest absolute Gasteiger partial charge is 0.507 e. The number of halogens is 3. The number of hydrogen-bond donors (Lipinski definition) is 2. The Balaban J connectivity index is 2.04. The molecule has 128 valence electrons. The molecule has 6 nitrogen and oxygen atoms in total. The molecule has 1 aromatic heterocycles. The van der Waals surface area contributed by atoms with Crippen LogP contribution in [0.5, 0.6) is 17.4 Å². The summed E-state index contributed by atoms with van der Waals surface area (Å²) in [7, 11) is 1.41. The molecular formula is C15H13F3N2O4. The Morgan fingerprint density at radius 2 is 2.04 bits per heavy atom. The molecule has 0 fully saturated rings. The molecule has 0 bridgehead atoms. The van der Waals surface area contributed by atoms with Crippen molar-refractivity contribution >= 4 is 11.6 Å². The van der Waals surface area contributed by atoms with Crippen molar-refractivity contribution in [1.82, 2.24) is 4.98 Å². The Hall–Kier alpha value is -2.97. The summed E-state index contributed by atoms with van der Waals surface area (Å²) < 4.78 is 45.5. The number of phenols is 1. The van der Waals surface area contributed by atoms with Crippen LogP contribution < -0.4 is 14.8 Å². The van der Waals surface area contributed by atoms with E-state index in [2.05, 4.69) is 15.0 Å². The lowest BCUT2D eigenvalue weighted by atomic mass is 10.1. The SMILES string of the molecule is COc1ccc(O)c(C(=O)Nc2ccc(OCC(F)(F)F)nc2)c1. The summed E-state index contributed by atoms with van der Waals surface area (Å²) in [5.41, 5.74) is 0.202. The number of alkyl halides is 3. The molecule has 0 aliphatic rings. The number of aromatic hydroxyl groups is 1. The third-order valence-corrected chi connectivity index (χ3v) is 2.83. The highest BCUT2D eigenvalue weighted by atomic mass is 19.4. The summed E-state index contributed by atoms with van der Waals surface area (Å²) in [6, 6.07) is 6.65. The van der Waals surface area contributed by atoms with Gasteiger partial charge in [-0.25, -0.2) is 4.98 Å². The van der Waals surface area contributed by atoms with Crippen molar-refractivity contribution in [2.45, 2.75) is 6.18 Å². The number of carbonyl (C=O) groups is 1. The molecule has 1 aromatic carbocycles. The predicted molar refractivity (Wildman–Crippen MR) is 78.4 cm³/mol. The van der Waals surface area contributed by atoms with Gasteiger partial charge in [0.2, 0.25) is 5.88 Å². The molecule has 2 aromatic rings. The molecule has 24 heavy (non-hydrogen) atoms. The fraction of sp³-hybridized carbons (Fsp3) is 0.200. The van der Waals surface area contributed by atoms with Crippen LogP contribution in [0, 0.1) is 0 Å². The number of phenolic OH excluding ortho intramolecular Hbond substituents is 1. The van der Waals surface area contributed by atoms with E-state index in [1.54, 1.807) is 0 Å². The van der Waals surface area contributed by atoms with Gasteiger partial charge in [0.1, 0.15) is 11.5 Å². The number of nitrogens with zero attached hydrogens (tertiary/aromatic N) is 1. The number of methoxy groups -OCH3 is 1. The summed E-state index contributed by atoms with van der Waals surface area (Å²) in [5, 5.41) is 12.2. The first-order chi connectivity index (χ1) is 11.3. The Morgan fingerprint density at radius 1 is 1.29 bits per heavy atom. The molecule has 2 N–H and O–H groups in total. The lowest BCUT2D eigenvalue weighted by Crippen LogP contribution is -2.19. The van der Waals surface area contributed by atoms with Gasteiger partial charge in [-0.15, -0.1) is 0 Å². The van der Waals surface area contributed by atoms with Gasteiger partial charge in [-0.2, -0.15) is 13.2 Å². The number of ether oxygens (including phenoxy) is 2. The topological polar surface area (TPSA) is 80.7 Å². The fourth-order valence-corrected chi connectivity index (χ4v) is 1.72. The van der Waals surface area contributed by atoms with Crippen LogP contribution >= 0.6 is 0 Å². The van der Waals surface area contributed by atoms with Crippen LogP contribution in [0.1, 0.15) is 10.4 Å². The second-order valence-corrected chi connectivity index (χ2v) is 4.63. The number of hydrogen-bond acceptors (Lipinski definition) is 5. The van der Waals surface area contributed by atoms with Gasteiger partial charge in [-0.05, 0) is 24.3 Å². The molecule has 0 spiro atoms. The van der Waals surface area contributed by atoms with E-state index >= 15 is 0 Å². The minimum atomic E-state index is -4.46. The number of pyridine rings is 1. The zero-order chi connectivity index (χ0) is 17.7. The molecule has 9 heteroatoms. The zero-order valence-corrected chi connectivity index (χ0v) is 12.4. The Bertz CT molecular complexity index is 718. The van der Waals surface area contributed by atoms with Crippen LogP contribution in [-0.4, -0.2) is 35.9 Å². The van der Waals surface area contributed by atoms with Crippen LogP contribution in [0.3, 0.4) is 0 Å². The first kappa shape index (κ1) is 17.4. The van der Waals surface area contributed by atoms with Crippen molar-refractivity contribution in [2.24, 2.45) is 0 Å². The summed E-state index contributed by atoms with van der Waals surface area (Å²) in [6.45, 7) is -1.45. The first-order valence-corrected chi connectivity index (χ1v) is 6.62. The van der Waals surface area contributed by atoms with E-state index < -0.39 is 18.7 Å². The number of carbonyl (C=O) groups excluding carboxylic acids is 1. The lowest BCUT2D eigenvalue weighted by molar-refractivity contribution is -0.154. The second-order valence-electron chi connectivity index (χ2n) is 4.63. The van der Waals surface area contributed by atoms with Crippen molar-refractivity contribution in [3.05, 3.63) is 42.1 Å². The van der Waals surface area contributed by atoms with Gasteiger partial charge in [-0.3, -0.25) is 4.79 Å². The Morgan fingerprint density at radius 3 is 2.62 bits per heavy atom. The molecular weight excluding hydrogens is 329 g/mol. The summed E-state index contributed by atoms with van der Waals surface area (Å²) in [4.78, 5) is 15.8. The highest BCUT2D eigenvalue weighted by Crippen LogP contribution is 2.24. The van der Waals surface area contributed by atoms with E-state index in [9.17, 15) is 23.1 Å². The van der Waals surface area contributed by atoms with Crippen LogP contribution in [-0.2, 0) is 0 Å². The van der Waals surface area contributed by atoms with Gasteiger partial charge in [-0.1, -0.05) is 0 Å². The molecule has 1 amide bonds. The molecule has 0 unspecified atom stereocenters. The molecule has 0 saturated carbocycles. The fourth-order valence-electron chi connectivity index (χ4n) is 1.72. The standard InChI is InChI=1S/C15H13F3N2O4/c1-23-10-3-4-12(21)11(6-10)14(22)20-9-2-5-13(19-7-9)24-8-15(16,17)18/h2-7,21H,8H2,1H3,(H,20,22). The highest BCUT2D eigenvalue weighted by molar-refractivity contribution is 6.06. The van der Waals surface area contributed by atoms with Crippen molar-refractivity contribution in [2.75, 3.05) is 19.0 Å². The minimum Gasteiger partial charge on any atom is -0.507 e. The smallest absolute Gasteiger partial charge is 0.422 e. The first-order valence-electron chi connectivity index (χ1n) is 6.62. The number of amides is 1. The zero-order valence-electron chi connectivity index (χ0n) is 12.4. The van der Waals surface area contributed by atoms with Crippen molar-refractivity contribution in [3.8, 4) is 17.4 Å². The average Bonchev–Trinajstić information content (AvgIpc) is 2.54. The molecule has 0 aliphatic carbocycles. The summed E-state index contributed by atoms with van der Waals surface area (Å²) in [6.07, 6.45) is -3.32. The highest BCUT2D eigenvalue weighted by Gasteiger charge is 2.28. The van der Waals surface area contributed by atoms with Gasteiger partial charge in [0.15, 0.2) is 6.61 Å². The van der Waals surface area contributed by atoms with E-state index in [-0.39, 0.29) is 22.9 Å². The second kappa shape index (κ2) is 7.07. The van der Waals surface area contributed by atoms with Gasteiger partial charge in [0.05, 0.1) is 24.6 Å². The average molecular weight is 342 g/mol. The Kier molecular flexibility index (Phi) is 5.12. The van der Waals surface area contributed by atoms with Gasteiger partial charge >= 0.3 is 6.18 Å². The minimum absolute atomic E-state index is 0.0215. The van der Waals surface area contributed by atoms with Crippen LogP contribution in [0.15, 0.2) is 36.5 Å². The number of rotatable bonds is 5. The number of benzene rings is 1. The maximum absolute atomic E-state index is 12.1. The Labute approximate surface area is 134 Å². The summed E-state index contributed by atoms with van der Waals surface area (Å²) in [5.74, 6) is -0.718. The van der Waals surface area contributed by atoms with Gasteiger partial charge < -0.3 is 19.9 Å². The third-order valence-electron chi connectivity index (χ3n) is 2.83. The lowest BCUT2D eigenvalue weighted by Gasteiger charge is -2.10. The third kappa shape index (κ3) is 4.77. The van der Waals surface area contributed by atoms with Gasteiger partial charge in [0, 0.05) is 6.07 Å². The number of aromatic nitrogens is 1. The normalized spacial score (nSPS) is 11.0. The van der Waals surface area contributed by atoms with Gasteiger partial charge in [0.25, 0.3) is 5.91 Å². The molecule has 2 rings (SSSR count). The van der Waals surface area contributed by atoms with Crippen molar-refractivity contribution in [1.29, 1.82) is 0 Å². The van der Waals surface area contributed by atoms with E-state index in [1.807, 2.05) is 0 Å². The van der Waals surface area contributed by atoms with E-state index in [4.69, 9.17) is 4.74 Å². The summed E-state index contributed by atoms with van der Waals surface area (Å²) >= 11 is 0. The quantitative estimate of drug-likeness (QED) is 0.873. The molecule has 0 aliphatic heterocycles. The number of nitrogens with one attached hydrogen (secondary N) is 1. The van der Waals surface area contributed by atoms with Crippen LogP contribution in [0.4, 0.5) is 18.9 Å². The van der Waals surface area contributed by atoms with Crippen LogP contribution in [0.25, 0.3) is 0 Å². The molecule has 1 heterocycles. The van der Waals surface area contributed by atoms with Crippen LogP contribution in [0.2, 0.25) is 0 Å². The molecule has 0 atom stereocenters. The monoisotopic (exact) mass is 342 g/mol. The number of anilines is 1. The maximum atomic E-state index is 12.1. The van der Waals surface area contributed by atoms with E-state index in [0.29, 0.717) is 5.75 Å². The molecule has 0 radical (unpaired) electrons. The van der Waals surface area contributed by atoms with Crippen molar-refractivity contribution < 1.29 is 32.5 Å². The maximum Gasteiger partial charge on any atom is 0.422 e. The van der Waals surface area contributed by atoms with E-state index in [1.165, 1.54) is 37.4 Å².